The molecular formula is C69H87ClN2O14. The van der Waals surface area contributed by atoms with Crippen molar-refractivity contribution in [2.75, 3.05) is 53.7 Å². The Balaban J connectivity index is 0.000000395. The molecule has 6 rings (SSSR count). The van der Waals surface area contributed by atoms with Gasteiger partial charge in [-0.2, -0.15) is 0 Å². The first-order valence-corrected chi connectivity index (χ1v) is 29.3. The van der Waals surface area contributed by atoms with Gasteiger partial charge in [0, 0.05) is 45.3 Å². The summed E-state index contributed by atoms with van der Waals surface area (Å²) in [5.41, 5.74) is 6.65. The van der Waals surface area contributed by atoms with Crippen LogP contribution in [0.3, 0.4) is 0 Å². The Bertz CT molecular complexity index is 2820. The molecule has 0 atom stereocenters. The number of nitrogens with zero attached hydrogens (tertiary/aromatic N) is 1. The molecule has 6 aromatic carbocycles. The standard InChI is InChI=1S/C34H41NO7.C29H35NO4.C5H7ClO3.CH4/c1-3-40-30-19-15-29(16-20-30)26-42-34(38)12-8-24-41-31-17-13-28(14-18-31)25-35(32(36)21-22-33(37)39-2)23-7-11-27-9-5-4-6-10-27;1-2-32-27-18-14-26(15-19-27)23-34-29(31)11-7-21-33-28-16-12-25(13-17-28)22-30-20-6-10-24-8-4-3-5-9-24;1-9-5(8)3-2-4(6)7;/h4-6,9-10,13-20H,3,7-8,11-12,21-26H2,1-2H3;3-5,8-9,12-19,30H,2,6-7,10-11,20-23H2,1H3;2-3H2,1H3;1H4. The third-order valence-electron chi connectivity index (χ3n) is 12.7. The van der Waals surface area contributed by atoms with Crippen molar-refractivity contribution in [1.82, 2.24) is 10.2 Å². The number of hydrogen-bond acceptors (Lipinski definition) is 15. The maximum Gasteiger partial charge on any atom is 0.306 e. The molecule has 0 bridgehead atoms. The maximum atomic E-state index is 12.9. The van der Waals surface area contributed by atoms with Gasteiger partial charge in [0.1, 0.15) is 36.2 Å². The van der Waals surface area contributed by atoms with Crippen molar-refractivity contribution in [3.8, 4) is 23.0 Å². The Kier molecular flexibility index (Phi) is 37.1. The zero-order chi connectivity index (χ0) is 61.1. The first-order chi connectivity index (χ1) is 41.3. The van der Waals surface area contributed by atoms with Crippen LogP contribution in [0.1, 0.15) is 119 Å². The molecule has 0 unspecified atom stereocenters. The number of hydrogen-bond donors (Lipinski definition) is 1. The van der Waals surface area contributed by atoms with E-state index in [2.05, 4.69) is 64.7 Å². The van der Waals surface area contributed by atoms with E-state index in [4.69, 9.17) is 44.8 Å². The third kappa shape index (κ3) is 32.7. The van der Waals surface area contributed by atoms with Crippen LogP contribution in [-0.4, -0.2) is 93.7 Å². The third-order valence-corrected chi connectivity index (χ3v) is 12.9. The molecule has 6 aromatic rings. The first-order valence-electron chi connectivity index (χ1n) is 28.9. The fraction of sp³-hybridized carbons (Fsp3) is 0.391. The Morgan fingerprint density at radius 1 is 0.430 bits per heavy atom. The second-order valence-electron chi connectivity index (χ2n) is 19.3. The number of methoxy groups -OCH3 is 2. The van der Waals surface area contributed by atoms with E-state index < -0.39 is 17.2 Å². The van der Waals surface area contributed by atoms with Gasteiger partial charge in [-0.3, -0.25) is 28.8 Å². The highest BCUT2D eigenvalue weighted by Gasteiger charge is 2.17. The summed E-state index contributed by atoms with van der Waals surface area (Å²) in [6, 6.07) is 51.5. The number of amides is 1. The fourth-order valence-electron chi connectivity index (χ4n) is 8.07. The molecule has 0 aromatic heterocycles. The van der Waals surface area contributed by atoms with E-state index in [1.807, 2.05) is 117 Å². The van der Waals surface area contributed by atoms with Crippen LogP contribution in [0.2, 0.25) is 0 Å². The zero-order valence-corrected chi connectivity index (χ0v) is 50.4. The number of carbonyl (C=O) groups is 6. The molecule has 1 N–H and O–H groups in total. The van der Waals surface area contributed by atoms with E-state index in [-0.39, 0.29) is 70.6 Å². The second-order valence-corrected chi connectivity index (χ2v) is 19.8. The van der Waals surface area contributed by atoms with Gasteiger partial charge in [-0.05, 0) is 152 Å². The summed E-state index contributed by atoms with van der Waals surface area (Å²) in [5, 5.41) is 2.98. The minimum absolute atomic E-state index is 0. The van der Waals surface area contributed by atoms with Crippen LogP contribution in [0, 0.1) is 0 Å². The summed E-state index contributed by atoms with van der Waals surface area (Å²) in [5.74, 6) is 1.74. The van der Waals surface area contributed by atoms with E-state index in [0.717, 1.165) is 72.7 Å². The lowest BCUT2D eigenvalue weighted by molar-refractivity contribution is -0.146. The molecule has 1 amide bonds. The van der Waals surface area contributed by atoms with Gasteiger partial charge in [-0.1, -0.05) is 117 Å². The van der Waals surface area contributed by atoms with Crippen LogP contribution in [0.15, 0.2) is 158 Å². The molecule has 0 aliphatic carbocycles. The van der Waals surface area contributed by atoms with Crippen molar-refractivity contribution in [2.45, 2.75) is 125 Å². The molecule has 86 heavy (non-hydrogen) atoms. The number of benzene rings is 6. The van der Waals surface area contributed by atoms with Gasteiger partial charge in [-0.25, -0.2) is 0 Å². The molecule has 0 saturated heterocycles. The van der Waals surface area contributed by atoms with E-state index >= 15 is 0 Å². The average molecular weight is 1200 g/mol. The van der Waals surface area contributed by atoms with Crippen LogP contribution in [0.5, 0.6) is 23.0 Å². The quantitative estimate of drug-likeness (QED) is 0.0169. The SMILES string of the molecule is C.CCOc1ccc(COC(=O)CCCOc2ccc(CN(CCCc3ccccc3)C(=O)CCC(=O)OC)cc2)cc1.CCOc1ccc(COC(=O)CCCOc2ccc(CNCCCc3ccccc3)cc2)cc1.COC(=O)CCC(=O)Cl. The molecule has 0 spiro atoms. The number of halogens is 1. The lowest BCUT2D eigenvalue weighted by Crippen LogP contribution is -2.32. The van der Waals surface area contributed by atoms with Gasteiger partial charge in [0.25, 0.3) is 0 Å². The predicted molar refractivity (Wildman–Crippen MR) is 334 cm³/mol. The molecule has 0 fully saturated rings. The van der Waals surface area contributed by atoms with Crippen LogP contribution in [0.25, 0.3) is 0 Å². The minimum atomic E-state index is -0.514. The summed E-state index contributed by atoms with van der Waals surface area (Å²) in [6.07, 6.45) is 5.94. The first kappa shape index (κ1) is 72.1. The Hall–Kier alpha value is -8.21. The molecule has 0 aliphatic heterocycles. The highest BCUT2D eigenvalue weighted by atomic mass is 35.5. The van der Waals surface area contributed by atoms with E-state index in [1.54, 1.807) is 4.90 Å². The Morgan fingerprint density at radius 2 is 0.837 bits per heavy atom. The van der Waals surface area contributed by atoms with Crippen molar-refractivity contribution in [1.29, 1.82) is 0 Å². The van der Waals surface area contributed by atoms with Crippen LogP contribution in [0.4, 0.5) is 0 Å². The normalized spacial score (nSPS) is 10.2. The van der Waals surface area contributed by atoms with Crippen molar-refractivity contribution >= 4 is 46.6 Å². The smallest absolute Gasteiger partial charge is 0.306 e. The van der Waals surface area contributed by atoms with Crippen molar-refractivity contribution in [3.05, 3.63) is 191 Å². The molecule has 464 valence electrons. The number of carbonyl (C=O) groups excluding carboxylic acids is 6. The van der Waals surface area contributed by atoms with Gasteiger partial charge >= 0.3 is 23.9 Å². The number of nitrogens with one attached hydrogen (secondary N) is 1. The summed E-state index contributed by atoms with van der Waals surface area (Å²) in [7, 11) is 2.59. The summed E-state index contributed by atoms with van der Waals surface area (Å²) >= 11 is 4.93. The van der Waals surface area contributed by atoms with Crippen LogP contribution in [-0.2, 0) is 86.9 Å². The maximum absolute atomic E-state index is 12.9. The molecule has 17 heteroatoms. The molecule has 0 radical (unpaired) electrons. The topological polar surface area (TPSA) is 192 Å². The zero-order valence-electron chi connectivity index (χ0n) is 49.6. The highest BCUT2D eigenvalue weighted by Crippen LogP contribution is 2.19. The van der Waals surface area contributed by atoms with Gasteiger partial charge in [0.05, 0.1) is 53.5 Å². The van der Waals surface area contributed by atoms with Crippen LogP contribution < -0.4 is 24.3 Å². The monoisotopic (exact) mass is 1200 g/mol. The Labute approximate surface area is 513 Å². The molecule has 16 nitrogen and oxygen atoms in total. The van der Waals surface area contributed by atoms with Gasteiger partial charge in [0.2, 0.25) is 11.1 Å². The van der Waals surface area contributed by atoms with Crippen LogP contribution >= 0.6 is 11.6 Å². The highest BCUT2D eigenvalue weighted by molar-refractivity contribution is 6.63. The largest absolute Gasteiger partial charge is 0.494 e. The minimum Gasteiger partial charge on any atom is -0.494 e. The number of rotatable bonds is 36. The van der Waals surface area contributed by atoms with E-state index in [0.29, 0.717) is 64.5 Å². The molecule has 0 aliphatic rings. The number of ether oxygens (including phenoxy) is 8. The van der Waals surface area contributed by atoms with Crippen molar-refractivity contribution in [3.63, 3.8) is 0 Å². The number of esters is 4. The molecular weight excluding hydrogens is 1120 g/mol. The second kappa shape index (κ2) is 44.3. The summed E-state index contributed by atoms with van der Waals surface area (Å²) in [4.78, 5) is 70.6. The number of aryl methyl sites for hydroxylation is 2. The molecule has 0 saturated carbocycles. The summed E-state index contributed by atoms with van der Waals surface area (Å²) < 4.78 is 42.0. The Morgan fingerprint density at radius 3 is 1.27 bits per heavy atom. The van der Waals surface area contributed by atoms with Crippen molar-refractivity contribution < 1.29 is 66.7 Å². The van der Waals surface area contributed by atoms with Crippen molar-refractivity contribution in [2.24, 2.45) is 0 Å². The average Bonchev–Trinajstić information content (AvgIpc) is 3.55. The van der Waals surface area contributed by atoms with Gasteiger partial charge in [-0.15, -0.1) is 0 Å². The molecule has 0 heterocycles. The lowest BCUT2D eigenvalue weighted by atomic mass is 10.1. The van der Waals surface area contributed by atoms with E-state index in [1.165, 1.54) is 30.9 Å². The van der Waals surface area contributed by atoms with Gasteiger partial charge in [0.15, 0.2) is 0 Å². The lowest BCUT2D eigenvalue weighted by Gasteiger charge is -2.23. The van der Waals surface area contributed by atoms with E-state index in [9.17, 15) is 28.8 Å². The van der Waals surface area contributed by atoms with Gasteiger partial charge < -0.3 is 48.1 Å². The summed E-state index contributed by atoms with van der Waals surface area (Å²) in [6.45, 7) is 9.33. The predicted octanol–water partition coefficient (Wildman–Crippen LogP) is 13.0. The fourth-order valence-corrected chi connectivity index (χ4v) is 8.17.